The molecule has 2 N–H and O–H groups in total. The molecule has 1 atom stereocenters. The van der Waals surface area contributed by atoms with Crippen LogP contribution >= 0.6 is 0 Å². The molecule has 4 heteroatoms. The Balaban J connectivity index is 2.03. The van der Waals surface area contributed by atoms with E-state index in [1.54, 1.807) is 0 Å². The predicted molar refractivity (Wildman–Crippen MR) is 95.8 cm³/mol. The van der Waals surface area contributed by atoms with Gasteiger partial charge in [-0.05, 0) is 56.7 Å². The minimum absolute atomic E-state index is 0.195. The normalized spacial score (nSPS) is 17.1. The lowest BCUT2D eigenvalue weighted by atomic mass is 10.0. The van der Waals surface area contributed by atoms with Crippen LogP contribution in [0.15, 0.2) is 18.2 Å². The SMILES string of the molecule is CC(C)CCC(C)Nc1ccc(N2CCC(O)CC2)c(C#N)c1. The van der Waals surface area contributed by atoms with Crippen molar-refractivity contribution in [3.05, 3.63) is 23.8 Å². The molecule has 0 aliphatic carbocycles. The molecule has 126 valence electrons. The van der Waals surface area contributed by atoms with E-state index in [9.17, 15) is 10.4 Å². The smallest absolute Gasteiger partial charge is 0.101 e. The summed E-state index contributed by atoms with van der Waals surface area (Å²) in [4.78, 5) is 2.21. The summed E-state index contributed by atoms with van der Waals surface area (Å²) >= 11 is 0. The Labute approximate surface area is 140 Å². The van der Waals surface area contributed by atoms with E-state index >= 15 is 0 Å². The molecule has 1 aliphatic heterocycles. The van der Waals surface area contributed by atoms with Crippen LogP contribution in [0.25, 0.3) is 0 Å². The highest BCUT2D eigenvalue weighted by Gasteiger charge is 2.19. The maximum absolute atomic E-state index is 9.63. The van der Waals surface area contributed by atoms with Crippen LogP contribution in [-0.2, 0) is 0 Å². The molecule has 0 radical (unpaired) electrons. The van der Waals surface area contributed by atoms with Crippen molar-refractivity contribution in [2.24, 2.45) is 5.92 Å². The van der Waals surface area contributed by atoms with Gasteiger partial charge in [-0.25, -0.2) is 0 Å². The van der Waals surface area contributed by atoms with E-state index < -0.39 is 0 Å². The Kier molecular flexibility index (Phi) is 6.29. The third-order valence-corrected chi connectivity index (χ3v) is 4.51. The van der Waals surface area contributed by atoms with Crippen LogP contribution < -0.4 is 10.2 Å². The van der Waals surface area contributed by atoms with Crippen molar-refractivity contribution in [3.63, 3.8) is 0 Å². The van der Waals surface area contributed by atoms with Gasteiger partial charge in [0.25, 0.3) is 0 Å². The first-order chi connectivity index (χ1) is 11.0. The lowest BCUT2D eigenvalue weighted by Crippen LogP contribution is -2.36. The van der Waals surface area contributed by atoms with Crippen molar-refractivity contribution >= 4 is 11.4 Å². The van der Waals surface area contributed by atoms with Gasteiger partial charge in [-0.15, -0.1) is 0 Å². The van der Waals surface area contributed by atoms with Gasteiger partial charge in [0.15, 0.2) is 0 Å². The molecule has 0 saturated carbocycles. The molecule has 4 nitrogen and oxygen atoms in total. The molecule has 1 fully saturated rings. The first-order valence-electron chi connectivity index (χ1n) is 8.73. The van der Waals surface area contributed by atoms with Crippen molar-refractivity contribution in [2.45, 2.75) is 58.6 Å². The average Bonchev–Trinajstić information content (AvgIpc) is 2.54. The maximum atomic E-state index is 9.63. The summed E-state index contributed by atoms with van der Waals surface area (Å²) in [5, 5.41) is 22.6. The monoisotopic (exact) mass is 315 g/mol. The summed E-state index contributed by atoms with van der Waals surface area (Å²) in [5.74, 6) is 0.714. The van der Waals surface area contributed by atoms with Crippen LogP contribution in [-0.4, -0.2) is 30.3 Å². The molecule has 0 aromatic heterocycles. The Hall–Kier alpha value is -1.73. The number of piperidine rings is 1. The lowest BCUT2D eigenvalue weighted by Gasteiger charge is -2.32. The predicted octanol–water partition coefficient (Wildman–Crippen LogP) is 3.76. The lowest BCUT2D eigenvalue weighted by molar-refractivity contribution is 0.145. The maximum Gasteiger partial charge on any atom is 0.101 e. The van der Waals surface area contributed by atoms with Crippen molar-refractivity contribution in [1.82, 2.24) is 0 Å². The highest BCUT2D eigenvalue weighted by molar-refractivity contribution is 5.65. The molecule has 23 heavy (non-hydrogen) atoms. The van der Waals surface area contributed by atoms with Crippen molar-refractivity contribution in [1.29, 1.82) is 5.26 Å². The number of nitrogens with zero attached hydrogens (tertiary/aromatic N) is 2. The van der Waals surface area contributed by atoms with Crippen molar-refractivity contribution in [2.75, 3.05) is 23.3 Å². The van der Waals surface area contributed by atoms with Crippen molar-refractivity contribution in [3.8, 4) is 6.07 Å². The van der Waals surface area contributed by atoms with Gasteiger partial charge in [0.05, 0.1) is 17.4 Å². The number of aliphatic hydroxyl groups is 1. The summed E-state index contributed by atoms with van der Waals surface area (Å²) in [6, 6.07) is 8.78. The van der Waals surface area contributed by atoms with E-state index in [0.717, 1.165) is 43.7 Å². The Morgan fingerprint density at radius 2 is 1.96 bits per heavy atom. The Bertz CT molecular complexity index is 542. The third-order valence-electron chi connectivity index (χ3n) is 4.51. The summed E-state index contributed by atoms with van der Waals surface area (Å²) in [6.45, 7) is 8.30. The Morgan fingerprint density at radius 1 is 1.26 bits per heavy atom. The van der Waals surface area contributed by atoms with Gasteiger partial charge in [0.2, 0.25) is 0 Å². The minimum Gasteiger partial charge on any atom is -0.393 e. The van der Waals surface area contributed by atoms with Gasteiger partial charge in [0, 0.05) is 24.8 Å². The zero-order valence-corrected chi connectivity index (χ0v) is 14.5. The molecule has 0 bridgehead atoms. The fourth-order valence-corrected chi connectivity index (χ4v) is 3.04. The standard InChI is InChI=1S/C19H29N3O/c1-14(2)4-5-15(3)21-17-6-7-19(16(12-17)13-20)22-10-8-18(23)9-11-22/h6-7,12,14-15,18,21,23H,4-5,8-11H2,1-3H3. The van der Waals surface area contributed by atoms with E-state index in [0.29, 0.717) is 17.5 Å². The number of hydrogen-bond donors (Lipinski definition) is 2. The zero-order chi connectivity index (χ0) is 16.8. The first-order valence-corrected chi connectivity index (χ1v) is 8.73. The van der Waals surface area contributed by atoms with E-state index in [-0.39, 0.29) is 6.10 Å². The van der Waals surface area contributed by atoms with Crippen LogP contribution in [0.5, 0.6) is 0 Å². The summed E-state index contributed by atoms with van der Waals surface area (Å²) < 4.78 is 0. The third kappa shape index (κ3) is 5.14. The van der Waals surface area contributed by atoms with Gasteiger partial charge in [-0.1, -0.05) is 13.8 Å². The van der Waals surface area contributed by atoms with E-state index in [1.165, 1.54) is 6.42 Å². The highest BCUT2D eigenvalue weighted by atomic mass is 16.3. The quantitative estimate of drug-likeness (QED) is 0.839. The second-order valence-corrected chi connectivity index (χ2v) is 7.08. The van der Waals surface area contributed by atoms with Gasteiger partial charge in [-0.3, -0.25) is 0 Å². The molecule has 0 spiro atoms. The van der Waals surface area contributed by atoms with Crippen LogP contribution in [0.4, 0.5) is 11.4 Å². The number of anilines is 2. The van der Waals surface area contributed by atoms with Crippen LogP contribution in [0.1, 0.15) is 52.0 Å². The number of nitrogens with one attached hydrogen (secondary N) is 1. The van der Waals surface area contributed by atoms with E-state index in [2.05, 4.69) is 43.1 Å². The molecule has 2 rings (SSSR count). The molecule has 1 heterocycles. The summed E-state index contributed by atoms with van der Waals surface area (Å²) in [5.41, 5.74) is 2.71. The average molecular weight is 315 g/mol. The Morgan fingerprint density at radius 3 is 2.57 bits per heavy atom. The van der Waals surface area contributed by atoms with Gasteiger partial charge in [-0.2, -0.15) is 5.26 Å². The van der Waals surface area contributed by atoms with Crippen molar-refractivity contribution < 1.29 is 5.11 Å². The largest absolute Gasteiger partial charge is 0.393 e. The topological polar surface area (TPSA) is 59.3 Å². The van der Waals surface area contributed by atoms with Gasteiger partial charge in [0.1, 0.15) is 6.07 Å². The highest BCUT2D eigenvalue weighted by Crippen LogP contribution is 2.27. The number of aliphatic hydroxyl groups excluding tert-OH is 1. The molecule has 1 unspecified atom stereocenters. The molecular formula is C19H29N3O. The molecular weight excluding hydrogens is 286 g/mol. The molecule has 1 saturated heterocycles. The second-order valence-electron chi connectivity index (χ2n) is 7.08. The van der Waals surface area contributed by atoms with E-state index in [4.69, 9.17) is 0 Å². The molecule has 1 aliphatic rings. The second kappa shape index (κ2) is 8.21. The molecule has 1 aromatic carbocycles. The number of hydrogen-bond acceptors (Lipinski definition) is 4. The first kappa shape index (κ1) is 17.6. The fraction of sp³-hybridized carbons (Fsp3) is 0.632. The summed E-state index contributed by atoms with van der Waals surface area (Å²) in [6.07, 6.45) is 3.69. The fourth-order valence-electron chi connectivity index (χ4n) is 3.04. The van der Waals surface area contributed by atoms with Crippen LogP contribution in [0.3, 0.4) is 0 Å². The number of benzene rings is 1. The number of nitriles is 1. The summed E-state index contributed by atoms with van der Waals surface area (Å²) in [7, 11) is 0. The van der Waals surface area contributed by atoms with Gasteiger partial charge >= 0.3 is 0 Å². The van der Waals surface area contributed by atoms with Crippen LogP contribution in [0, 0.1) is 17.2 Å². The van der Waals surface area contributed by atoms with E-state index in [1.807, 2.05) is 12.1 Å². The molecule has 0 amide bonds. The number of rotatable bonds is 6. The zero-order valence-electron chi connectivity index (χ0n) is 14.5. The van der Waals surface area contributed by atoms with Gasteiger partial charge < -0.3 is 15.3 Å². The minimum atomic E-state index is -0.195. The molecule has 1 aromatic rings. The van der Waals surface area contributed by atoms with Crippen LogP contribution in [0.2, 0.25) is 0 Å².